The number of nitrogens with zero attached hydrogens (tertiary/aromatic N) is 1. The van der Waals surface area contributed by atoms with Gasteiger partial charge in [0.15, 0.2) is 0 Å². The lowest BCUT2D eigenvalue weighted by atomic mass is 10.2. The molecule has 126 valence electrons. The summed E-state index contributed by atoms with van der Waals surface area (Å²) in [5.74, 6) is 0.0443. The van der Waals surface area contributed by atoms with Gasteiger partial charge >= 0.3 is 0 Å². The van der Waals surface area contributed by atoms with Crippen molar-refractivity contribution in [1.29, 1.82) is 0 Å². The molecule has 2 rings (SSSR count). The first-order valence-corrected chi connectivity index (χ1v) is 9.17. The Kier molecular flexibility index (Phi) is 7.70. The third-order valence-electron chi connectivity index (χ3n) is 3.04. The van der Waals surface area contributed by atoms with E-state index in [-0.39, 0.29) is 23.4 Å². The highest BCUT2D eigenvalue weighted by Gasteiger charge is 2.35. The molecule has 2 aliphatic heterocycles. The quantitative estimate of drug-likeness (QED) is 0.487. The fourth-order valence-electron chi connectivity index (χ4n) is 1.67. The van der Waals surface area contributed by atoms with E-state index in [0.717, 1.165) is 0 Å². The van der Waals surface area contributed by atoms with E-state index in [0.29, 0.717) is 32.7 Å². The van der Waals surface area contributed by atoms with Crippen molar-refractivity contribution >= 4 is 38.2 Å². The van der Waals surface area contributed by atoms with Crippen LogP contribution in [0.3, 0.4) is 0 Å². The van der Waals surface area contributed by atoms with Crippen LogP contribution in [0, 0.1) is 0 Å². The predicted molar refractivity (Wildman–Crippen MR) is 81.0 cm³/mol. The number of likely N-dealkylation sites (tertiary alicyclic amines) is 1. The summed E-state index contributed by atoms with van der Waals surface area (Å²) in [6.07, 6.45) is 0. The fraction of sp³-hybridized carbons (Fsp3) is 0.889. The Bertz CT molecular complexity index is 555. The fourth-order valence-corrected chi connectivity index (χ4v) is 3.21. The van der Waals surface area contributed by atoms with Gasteiger partial charge in [0, 0.05) is 26.2 Å². The molecule has 0 unspecified atom stereocenters. The maximum Gasteiger partial charge on any atom is 0.214 e. The number of carbonyl (C=O) groups excluding carboxylic acids is 1. The van der Waals surface area contributed by atoms with Crippen LogP contribution in [0.4, 0.5) is 0 Å². The summed E-state index contributed by atoms with van der Waals surface area (Å²) in [5, 5.41) is 11.7. The molecule has 2 aliphatic rings. The smallest absolute Gasteiger partial charge is 0.214 e. The van der Waals surface area contributed by atoms with Crippen LogP contribution in [0.5, 0.6) is 0 Å². The lowest BCUT2D eigenvalue weighted by Gasteiger charge is -2.36. The highest BCUT2D eigenvalue weighted by Crippen LogP contribution is 2.12. The minimum atomic E-state index is -3.39. The Labute approximate surface area is 130 Å². The van der Waals surface area contributed by atoms with Crippen LogP contribution in [-0.4, -0.2) is 70.7 Å². The van der Waals surface area contributed by atoms with Crippen molar-refractivity contribution in [2.75, 3.05) is 32.7 Å². The Morgan fingerprint density at radius 1 is 1.10 bits per heavy atom. The molecular weight excluding hydrogens is 344 g/mol. The number of hydrogen-bond acceptors (Lipinski definition) is 7. The lowest BCUT2D eigenvalue weighted by molar-refractivity contribution is -0.118. The maximum atomic E-state index is 10.7. The van der Waals surface area contributed by atoms with Gasteiger partial charge in [-0.05, 0) is 6.92 Å². The molecule has 0 radical (unpaired) electrons. The van der Waals surface area contributed by atoms with E-state index in [9.17, 15) is 21.6 Å². The van der Waals surface area contributed by atoms with Crippen molar-refractivity contribution in [3.05, 3.63) is 0 Å². The Balaban J connectivity index is 0.000000390. The minimum absolute atomic E-state index is 0. The summed E-state index contributed by atoms with van der Waals surface area (Å²) in [6.45, 7) is 3.60. The zero-order valence-corrected chi connectivity index (χ0v) is 14.0. The third kappa shape index (κ3) is 7.00. The molecule has 2 heterocycles. The van der Waals surface area contributed by atoms with Gasteiger partial charge in [-0.3, -0.25) is 9.69 Å². The van der Waals surface area contributed by atoms with Crippen molar-refractivity contribution in [3.63, 3.8) is 0 Å². The number of nitrogens with two attached hydrogens (primary N) is 2. The van der Waals surface area contributed by atoms with Crippen molar-refractivity contribution in [2.45, 2.75) is 17.4 Å². The minimum Gasteiger partial charge on any atom is -0.314 e. The molecule has 5 N–H and O–H groups in total. The first-order chi connectivity index (χ1) is 9.00. The summed E-state index contributed by atoms with van der Waals surface area (Å²) >= 11 is 0. The number of rotatable bonds is 4. The van der Waals surface area contributed by atoms with Crippen LogP contribution in [0.25, 0.3) is 0 Å². The van der Waals surface area contributed by atoms with Gasteiger partial charge in [-0.25, -0.2) is 27.1 Å². The van der Waals surface area contributed by atoms with Crippen LogP contribution >= 0.6 is 12.4 Å². The number of sulfonamides is 2. The number of nitrogens with one attached hydrogen (secondary N) is 1. The maximum absolute atomic E-state index is 10.7. The zero-order chi connectivity index (χ0) is 15.6. The second kappa shape index (κ2) is 7.81. The Morgan fingerprint density at radius 3 is 1.71 bits per heavy atom. The number of halogens is 1. The second-order valence-corrected chi connectivity index (χ2v) is 8.67. The molecule has 0 spiro atoms. The molecule has 0 aliphatic carbocycles. The highest BCUT2D eigenvalue weighted by atomic mass is 35.5. The van der Waals surface area contributed by atoms with Gasteiger partial charge < -0.3 is 5.32 Å². The summed E-state index contributed by atoms with van der Waals surface area (Å²) in [4.78, 5) is 12.3. The molecule has 0 aromatic heterocycles. The van der Waals surface area contributed by atoms with E-state index in [1.165, 1.54) is 6.92 Å². The van der Waals surface area contributed by atoms with Crippen LogP contribution in [0.15, 0.2) is 0 Å². The van der Waals surface area contributed by atoms with Gasteiger partial charge in [0.25, 0.3) is 0 Å². The molecule has 0 amide bonds. The van der Waals surface area contributed by atoms with E-state index in [1.54, 1.807) is 4.90 Å². The van der Waals surface area contributed by atoms with Gasteiger partial charge in [-0.1, -0.05) is 0 Å². The van der Waals surface area contributed by atoms with Gasteiger partial charge in [0.2, 0.25) is 20.0 Å². The van der Waals surface area contributed by atoms with Crippen molar-refractivity contribution in [3.8, 4) is 0 Å². The van der Waals surface area contributed by atoms with E-state index in [2.05, 4.69) is 5.32 Å². The van der Waals surface area contributed by atoms with Crippen LogP contribution in [0.2, 0.25) is 0 Å². The van der Waals surface area contributed by atoms with E-state index < -0.39 is 25.3 Å². The largest absolute Gasteiger partial charge is 0.314 e. The molecule has 0 saturated carbocycles. The summed E-state index contributed by atoms with van der Waals surface area (Å²) in [6, 6.07) is 0. The van der Waals surface area contributed by atoms with E-state index in [1.807, 2.05) is 0 Å². The van der Waals surface area contributed by atoms with Crippen molar-refractivity contribution < 1.29 is 21.6 Å². The molecule has 2 fully saturated rings. The molecule has 12 heteroatoms. The average Bonchev–Trinajstić information content (AvgIpc) is 2.02. The molecule has 0 aromatic rings. The first-order valence-electron chi connectivity index (χ1n) is 5.96. The van der Waals surface area contributed by atoms with Crippen molar-refractivity contribution in [1.82, 2.24) is 10.2 Å². The Hall–Kier alpha value is -0.300. The average molecular weight is 365 g/mol. The normalized spacial score (nSPS) is 20.3. The lowest BCUT2D eigenvalue weighted by Crippen LogP contribution is -2.57. The van der Waals surface area contributed by atoms with Gasteiger partial charge in [-0.15, -0.1) is 12.4 Å². The van der Waals surface area contributed by atoms with Gasteiger partial charge in [-0.2, -0.15) is 0 Å². The first kappa shape index (κ1) is 20.7. The Morgan fingerprint density at radius 2 is 1.52 bits per heavy atom. The molecular formula is C9H21ClN4O5S2. The van der Waals surface area contributed by atoms with Crippen LogP contribution in [0.1, 0.15) is 6.92 Å². The van der Waals surface area contributed by atoms with Gasteiger partial charge in [0.1, 0.15) is 11.0 Å². The standard InChI is InChI=1S/C6H12N2O3S.C3H8N2O2S.ClH/c1-5(9)2-8-3-6(4-8)12(7,10)11;4-8(6,7)3-1-5-2-3;/h6H,2-4H2,1H3,(H2,7,10,11);3,5H,1-2H2,(H2,4,6,7);1H. The SMILES string of the molecule is CC(=O)CN1CC(S(N)(=O)=O)C1.Cl.NS(=O)(=O)C1CNC1. The predicted octanol–water partition coefficient (Wildman–Crippen LogP) is -2.78. The second-order valence-electron chi connectivity index (χ2n) is 4.98. The number of hydrogen-bond donors (Lipinski definition) is 3. The summed E-state index contributed by atoms with van der Waals surface area (Å²) in [5.41, 5.74) is 0. The topological polar surface area (TPSA) is 153 Å². The van der Waals surface area contributed by atoms with Crippen molar-refractivity contribution in [2.24, 2.45) is 10.3 Å². The molecule has 0 aromatic carbocycles. The summed E-state index contributed by atoms with van der Waals surface area (Å²) in [7, 11) is -6.62. The monoisotopic (exact) mass is 364 g/mol. The number of ketones is 1. The number of carbonyl (C=O) groups is 1. The third-order valence-corrected chi connectivity index (χ3v) is 5.53. The van der Waals surface area contributed by atoms with E-state index >= 15 is 0 Å². The van der Waals surface area contributed by atoms with Crippen LogP contribution in [-0.2, 0) is 24.8 Å². The molecule has 21 heavy (non-hydrogen) atoms. The molecule has 0 atom stereocenters. The highest BCUT2D eigenvalue weighted by molar-refractivity contribution is 7.90. The number of Topliss-reactive ketones (excluding diaryl/α,β-unsaturated/α-hetero) is 1. The van der Waals surface area contributed by atoms with Crippen LogP contribution < -0.4 is 15.6 Å². The number of primary sulfonamides is 2. The molecule has 9 nitrogen and oxygen atoms in total. The van der Waals surface area contributed by atoms with Gasteiger partial charge in [0.05, 0.1) is 11.8 Å². The molecule has 2 saturated heterocycles. The van der Waals surface area contributed by atoms with E-state index in [4.69, 9.17) is 10.3 Å². The zero-order valence-electron chi connectivity index (χ0n) is 11.6. The summed E-state index contributed by atoms with van der Waals surface area (Å²) < 4.78 is 42.1. The molecule has 0 bridgehead atoms.